The summed E-state index contributed by atoms with van der Waals surface area (Å²) >= 11 is 5.06. The Hall–Kier alpha value is -1.09. The van der Waals surface area contributed by atoms with E-state index in [4.69, 9.17) is 18.0 Å². The highest BCUT2D eigenvalue weighted by molar-refractivity contribution is 7.80. The molecule has 0 aliphatic rings. The molecule has 2 nitrogen and oxygen atoms in total. The van der Waals surface area contributed by atoms with Gasteiger partial charge in [-0.1, -0.05) is 39.9 Å². The van der Waals surface area contributed by atoms with E-state index in [0.717, 1.165) is 24.2 Å². The second-order valence-electron chi connectivity index (χ2n) is 6.06. The molecule has 0 saturated carbocycles. The van der Waals surface area contributed by atoms with Crippen LogP contribution in [0.3, 0.4) is 0 Å². The van der Waals surface area contributed by atoms with Gasteiger partial charge in [0.25, 0.3) is 0 Å². The largest absolute Gasteiger partial charge is 0.389 e. The number of anilines is 1. The third kappa shape index (κ3) is 4.83. The van der Waals surface area contributed by atoms with Gasteiger partial charge in [-0.3, -0.25) is 0 Å². The Morgan fingerprint density at radius 2 is 1.68 bits per heavy atom. The van der Waals surface area contributed by atoms with Crippen molar-refractivity contribution in [2.24, 2.45) is 17.6 Å². The van der Waals surface area contributed by atoms with Crippen molar-refractivity contribution in [1.29, 1.82) is 0 Å². The molecule has 3 heteroatoms. The fourth-order valence-corrected chi connectivity index (χ4v) is 2.52. The Morgan fingerprint density at radius 3 is 2.05 bits per heavy atom. The summed E-state index contributed by atoms with van der Waals surface area (Å²) in [6.07, 6.45) is 0. The summed E-state index contributed by atoms with van der Waals surface area (Å²) in [4.78, 5) is 2.93. The van der Waals surface area contributed by atoms with E-state index in [-0.39, 0.29) is 0 Å². The molecule has 0 saturated heterocycles. The van der Waals surface area contributed by atoms with Crippen LogP contribution >= 0.6 is 12.2 Å². The molecule has 1 aromatic carbocycles. The van der Waals surface area contributed by atoms with Crippen LogP contribution in [0.25, 0.3) is 0 Å². The van der Waals surface area contributed by atoms with Crippen molar-refractivity contribution in [3.05, 3.63) is 29.3 Å². The highest BCUT2D eigenvalue weighted by atomic mass is 32.1. The van der Waals surface area contributed by atoms with Gasteiger partial charge >= 0.3 is 0 Å². The van der Waals surface area contributed by atoms with Gasteiger partial charge in [0.1, 0.15) is 4.99 Å². The zero-order valence-corrected chi connectivity index (χ0v) is 13.6. The van der Waals surface area contributed by atoms with Crippen LogP contribution in [0.4, 0.5) is 5.69 Å². The SMILES string of the molecule is Cc1cc(N(CC(C)C)CC(C)C)ccc1C(N)=S. The Labute approximate surface area is 123 Å². The summed E-state index contributed by atoms with van der Waals surface area (Å²) in [7, 11) is 0. The predicted octanol–water partition coefficient (Wildman–Crippen LogP) is 3.75. The van der Waals surface area contributed by atoms with Gasteiger partial charge in [0, 0.05) is 24.3 Å². The summed E-state index contributed by atoms with van der Waals surface area (Å²) in [5.41, 5.74) is 9.12. The molecule has 0 bridgehead atoms. The molecular weight excluding hydrogens is 252 g/mol. The molecule has 0 spiro atoms. The molecule has 0 aromatic heterocycles. The van der Waals surface area contributed by atoms with Crippen molar-refractivity contribution in [2.45, 2.75) is 34.6 Å². The van der Waals surface area contributed by atoms with Crippen LogP contribution in [-0.4, -0.2) is 18.1 Å². The molecule has 0 fully saturated rings. The highest BCUT2D eigenvalue weighted by Crippen LogP contribution is 2.21. The van der Waals surface area contributed by atoms with E-state index in [0.29, 0.717) is 16.8 Å². The van der Waals surface area contributed by atoms with E-state index in [2.05, 4.69) is 51.7 Å². The number of aryl methyl sites for hydroxylation is 1. The maximum absolute atomic E-state index is 5.72. The van der Waals surface area contributed by atoms with Crippen molar-refractivity contribution in [1.82, 2.24) is 0 Å². The molecule has 1 aromatic rings. The number of nitrogens with two attached hydrogens (primary N) is 1. The molecule has 106 valence electrons. The first-order valence-electron chi connectivity index (χ1n) is 6.96. The molecule has 2 N–H and O–H groups in total. The van der Waals surface area contributed by atoms with E-state index in [1.165, 1.54) is 5.69 Å². The summed E-state index contributed by atoms with van der Waals surface area (Å²) in [5.74, 6) is 1.30. The van der Waals surface area contributed by atoms with Crippen LogP contribution in [0.1, 0.15) is 38.8 Å². The van der Waals surface area contributed by atoms with Gasteiger partial charge in [-0.25, -0.2) is 0 Å². The van der Waals surface area contributed by atoms with Gasteiger partial charge in [-0.15, -0.1) is 0 Å². The van der Waals surface area contributed by atoms with Crippen LogP contribution in [0.5, 0.6) is 0 Å². The standard InChI is InChI=1S/C16H26N2S/c1-11(2)9-18(10-12(3)4)14-6-7-15(16(17)19)13(5)8-14/h6-8,11-12H,9-10H2,1-5H3,(H2,17,19). The highest BCUT2D eigenvalue weighted by Gasteiger charge is 2.12. The lowest BCUT2D eigenvalue weighted by molar-refractivity contribution is 0.552. The van der Waals surface area contributed by atoms with Gasteiger partial charge in [-0.05, 0) is 42.5 Å². The minimum absolute atomic E-state index is 0.475. The number of rotatable bonds is 6. The van der Waals surface area contributed by atoms with Gasteiger partial charge in [0.05, 0.1) is 0 Å². The van der Waals surface area contributed by atoms with Gasteiger partial charge < -0.3 is 10.6 Å². The lowest BCUT2D eigenvalue weighted by atomic mass is 10.1. The van der Waals surface area contributed by atoms with Crippen LogP contribution < -0.4 is 10.6 Å². The normalized spacial score (nSPS) is 11.1. The average molecular weight is 278 g/mol. The number of hydrogen-bond donors (Lipinski definition) is 1. The van der Waals surface area contributed by atoms with Crippen LogP contribution in [0.15, 0.2) is 18.2 Å². The third-order valence-electron chi connectivity index (χ3n) is 3.01. The van der Waals surface area contributed by atoms with E-state index < -0.39 is 0 Å². The first-order valence-corrected chi connectivity index (χ1v) is 7.37. The van der Waals surface area contributed by atoms with Gasteiger partial charge in [-0.2, -0.15) is 0 Å². The number of thiocarbonyl (C=S) groups is 1. The van der Waals surface area contributed by atoms with E-state index in [9.17, 15) is 0 Å². The average Bonchev–Trinajstić information content (AvgIpc) is 2.26. The third-order valence-corrected chi connectivity index (χ3v) is 3.23. The zero-order valence-electron chi connectivity index (χ0n) is 12.7. The topological polar surface area (TPSA) is 29.3 Å². The quantitative estimate of drug-likeness (QED) is 0.804. The first kappa shape index (κ1) is 16.0. The smallest absolute Gasteiger partial charge is 0.104 e. The van der Waals surface area contributed by atoms with Crippen LogP contribution in [0, 0.1) is 18.8 Å². The minimum Gasteiger partial charge on any atom is -0.389 e. The second-order valence-corrected chi connectivity index (χ2v) is 6.50. The first-order chi connectivity index (χ1) is 8.81. The summed E-state index contributed by atoms with van der Waals surface area (Å²) < 4.78 is 0. The van der Waals surface area contributed by atoms with Crippen molar-refractivity contribution in [3.63, 3.8) is 0 Å². The van der Waals surface area contributed by atoms with E-state index in [1.807, 2.05) is 6.07 Å². The Morgan fingerprint density at radius 1 is 1.16 bits per heavy atom. The van der Waals surface area contributed by atoms with Gasteiger partial charge in [0.2, 0.25) is 0 Å². The second kappa shape index (κ2) is 6.90. The Bertz CT molecular complexity index is 428. The molecular formula is C16H26N2S. The molecule has 0 atom stereocenters. The van der Waals surface area contributed by atoms with Crippen molar-refractivity contribution < 1.29 is 0 Å². The number of hydrogen-bond acceptors (Lipinski definition) is 2. The molecule has 19 heavy (non-hydrogen) atoms. The van der Waals surface area contributed by atoms with E-state index in [1.54, 1.807) is 0 Å². The van der Waals surface area contributed by atoms with E-state index >= 15 is 0 Å². The maximum atomic E-state index is 5.72. The molecule has 0 amide bonds. The minimum atomic E-state index is 0.475. The Kier molecular flexibility index (Phi) is 5.80. The summed E-state index contributed by atoms with van der Waals surface area (Å²) in [6, 6.07) is 6.37. The van der Waals surface area contributed by atoms with Crippen molar-refractivity contribution in [2.75, 3.05) is 18.0 Å². The molecule has 0 aliphatic carbocycles. The molecule has 0 radical (unpaired) electrons. The zero-order chi connectivity index (χ0) is 14.6. The van der Waals surface area contributed by atoms with Crippen molar-refractivity contribution in [3.8, 4) is 0 Å². The van der Waals surface area contributed by atoms with Crippen molar-refractivity contribution >= 4 is 22.9 Å². The maximum Gasteiger partial charge on any atom is 0.104 e. The molecule has 0 heterocycles. The number of benzene rings is 1. The fourth-order valence-electron chi connectivity index (χ4n) is 2.29. The predicted molar refractivity (Wildman–Crippen MR) is 89.0 cm³/mol. The molecule has 0 aliphatic heterocycles. The van der Waals surface area contributed by atoms with Gasteiger partial charge in [0.15, 0.2) is 0 Å². The van der Waals surface area contributed by atoms with Crippen LogP contribution in [-0.2, 0) is 0 Å². The van der Waals surface area contributed by atoms with Crippen LogP contribution in [0.2, 0.25) is 0 Å². The fraction of sp³-hybridized carbons (Fsp3) is 0.562. The summed E-state index contributed by atoms with van der Waals surface area (Å²) in [5, 5.41) is 0. The lowest BCUT2D eigenvalue weighted by Gasteiger charge is -2.29. The Balaban J connectivity index is 3.02. The summed E-state index contributed by atoms with van der Waals surface area (Å²) in [6.45, 7) is 13.2. The lowest BCUT2D eigenvalue weighted by Crippen LogP contribution is -2.31. The molecule has 0 unspecified atom stereocenters. The molecule has 1 rings (SSSR count). The monoisotopic (exact) mass is 278 g/mol. The number of nitrogens with zero attached hydrogens (tertiary/aromatic N) is 1.